The van der Waals surface area contributed by atoms with Crippen molar-refractivity contribution >= 4 is 38.8 Å². The minimum absolute atomic E-state index is 0.0947. The molecular weight excluding hydrogens is 252 g/mol. The maximum absolute atomic E-state index is 12.2. The van der Waals surface area contributed by atoms with Crippen molar-refractivity contribution in [2.24, 2.45) is 5.92 Å². The summed E-state index contributed by atoms with van der Waals surface area (Å²) in [6.07, 6.45) is 0.882. The number of carbonyl (C=O) groups excluding carboxylic acids is 1. The molecule has 0 fully saturated rings. The Bertz CT molecular complexity index is 571. The number of aryl methyl sites for hydroxylation is 1. The number of Topliss-reactive ketones (excluding diaryl/α,β-unsaturated/α-hetero) is 1. The topological polar surface area (TPSA) is 17.1 Å². The Kier molecular flexibility index (Phi) is 3.55. The van der Waals surface area contributed by atoms with Gasteiger partial charge in [-0.05, 0) is 42.5 Å². The van der Waals surface area contributed by atoms with Gasteiger partial charge in [0.05, 0.1) is 4.88 Å². The Hall–Kier alpha value is -0.860. The minimum Gasteiger partial charge on any atom is -0.293 e. The molecule has 0 saturated carbocycles. The van der Waals surface area contributed by atoms with Crippen LogP contribution < -0.4 is 0 Å². The fourth-order valence-corrected chi connectivity index (χ4v) is 3.25. The van der Waals surface area contributed by atoms with Gasteiger partial charge in [0.25, 0.3) is 0 Å². The smallest absolute Gasteiger partial charge is 0.175 e. The molecule has 0 aliphatic rings. The molecule has 0 saturated heterocycles. The Balaban J connectivity index is 2.56. The average Bonchev–Trinajstić information content (AvgIpc) is 2.65. The Morgan fingerprint density at radius 2 is 2.18 bits per heavy atom. The summed E-state index contributed by atoms with van der Waals surface area (Å²) in [5.74, 6) is 0.347. The van der Waals surface area contributed by atoms with Crippen LogP contribution in [-0.2, 0) is 0 Å². The maximum atomic E-state index is 12.2. The third-order valence-corrected chi connectivity index (χ3v) is 4.70. The first kappa shape index (κ1) is 12.6. The minimum atomic E-state index is 0.0947. The van der Waals surface area contributed by atoms with E-state index < -0.39 is 0 Å². The van der Waals surface area contributed by atoms with Crippen LogP contribution in [-0.4, -0.2) is 5.78 Å². The summed E-state index contributed by atoms with van der Waals surface area (Å²) in [6, 6.07) is 5.80. The number of ketones is 1. The lowest BCUT2D eigenvalue weighted by Crippen LogP contribution is -2.09. The lowest BCUT2D eigenvalue weighted by atomic mass is 10.00. The van der Waals surface area contributed by atoms with Crippen LogP contribution in [0.1, 0.15) is 35.5 Å². The van der Waals surface area contributed by atoms with Crippen LogP contribution in [0.4, 0.5) is 0 Å². The highest BCUT2D eigenvalue weighted by Crippen LogP contribution is 2.34. The van der Waals surface area contributed by atoms with Crippen molar-refractivity contribution in [1.29, 1.82) is 0 Å². The van der Waals surface area contributed by atoms with Crippen molar-refractivity contribution in [2.45, 2.75) is 27.2 Å². The fourth-order valence-electron chi connectivity index (χ4n) is 1.84. The van der Waals surface area contributed by atoms with Crippen LogP contribution in [0.5, 0.6) is 0 Å². The van der Waals surface area contributed by atoms with Crippen molar-refractivity contribution in [2.75, 3.05) is 0 Å². The fraction of sp³-hybridized carbons (Fsp3) is 0.357. The quantitative estimate of drug-likeness (QED) is 0.707. The first-order valence-electron chi connectivity index (χ1n) is 5.77. The van der Waals surface area contributed by atoms with Gasteiger partial charge in [0.15, 0.2) is 5.78 Å². The second-order valence-electron chi connectivity index (χ2n) is 4.37. The standard InChI is InChI=1S/C14H15ClOS/c1-4-8(2)13(16)14-9(3)11-7-10(15)5-6-12(11)17-14/h5-8H,4H2,1-3H3. The van der Waals surface area contributed by atoms with Crippen molar-refractivity contribution < 1.29 is 4.79 Å². The van der Waals surface area contributed by atoms with Crippen molar-refractivity contribution in [3.05, 3.63) is 33.7 Å². The summed E-state index contributed by atoms with van der Waals surface area (Å²) < 4.78 is 1.14. The molecule has 1 heterocycles. The van der Waals surface area contributed by atoms with Crippen LogP contribution in [0.2, 0.25) is 5.02 Å². The van der Waals surface area contributed by atoms with Gasteiger partial charge in [-0.2, -0.15) is 0 Å². The summed E-state index contributed by atoms with van der Waals surface area (Å²) in [7, 11) is 0. The van der Waals surface area contributed by atoms with Gasteiger partial charge < -0.3 is 0 Å². The normalized spacial score (nSPS) is 12.9. The Morgan fingerprint density at radius 3 is 2.82 bits per heavy atom. The van der Waals surface area contributed by atoms with Gasteiger partial charge >= 0.3 is 0 Å². The molecule has 3 heteroatoms. The molecule has 1 aromatic heterocycles. The molecular formula is C14H15ClOS. The van der Waals surface area contributed by atoms with Gasteiger partial charge in [-0.3, -0.25) is 4.79 Å². The number of hydrogen-bond acceptors (Lipinski definition) is 2. The van der Waals surface area contributed by atoms with Crippen LogP contribution >= 0.6 is 22.9 Å². The third kappa shape index (κ3) is 2.24. The molecule has 2 rings (SSSR count). The molecule has 1 aromatic carbocycles. The highest BCUT2D eigenvalue weighted by Gasteiger charge is 2.19. The molecule has 17 heavy (non-hydrogen) atoms. The maximum Gasteiger partial charge on any atom is 0.175 e. The summed E-state index contributed by atoms with van der Waals surface area (Å²) in [6.45, 7) is 6.03. The van der Waals surface area contributed by atoms with Crippen molar-refractivity contribution in [1.82, 2.24) is 0 Å². The van der Waals surface area contributed by atoms with E-state index in [1.165, 1.54) is 0 Å². The number of hydrogen-bond donors (Lipinski definition) is 0. The van der Waals surface area contributed by atoms with E-state index in [1.807, 2.05) is 39.0 Å². The van der Waals surface area contributed by atoms with E-state index in [0.717, 1.165) is 32.0 Å². The van der Waals surface area contributed by atoms with Crippen LogP contribution in [0.25, 0.3) is 10.1 Å². The highest BCUT2D eigenvalue weighted by molar-refractivity contribution is 7.21. The van der Waals surface area contributed by atoms with E-state index >= 15 is 0 Å². The summed E-state index contributed by atoms with van der Waals surface area (Å²) >= 11 is 7.57. The first-order chi connectivity index (χ1) is 8.04. The molecule has 0 radical (unpaired) electrons. The number of rotatable bonds is 3. The molecule has 90 valence electrons. The molecule has 0 aliphatic carbocycles. The van der Waals surface area contributed by atoms with Gasteiger partial charge in [0, 0.05) is 15.6 Å². The lowest BCUT2D eigenvalue weighted by molar-refractivity contribution is 0.0931. The molecule has 0 spiro atoms. The molecule has 1 unspecified atom stereocenters. The van der Waals surface area contributed by atoms with Crippen molar-refractivity contribution in [3.8, 4) is 0 Å². The van der Waals surface area contributed by atoms with Crippen LogP contribution in [0.3, 0.4) is 0 Å². The molecule has 2 aromatic rings. The summed E-state index contributed by atoms with van der Waals surface area (Å²) in [5, 5.41) is 1.83. The second-order valence-corrected chi connectivity index (χ2v) is 5.86. The monoisotopic (exact) mass is 266 g/mol. The van der Waals surface area contributed by atoms with Gasteiger partial charge in [-0.25, -0.2) is 0 Å². The lowest BCUT2D eigenvalue weighted by Gasteiger charge is -2.05. The van der Waals surface area contributed by atoms with E-state index in [0.29, 0.717) is 0 Å². The van der Waals surface area contributed by atoms with Gasteiger partial charge in [-0.1, -0.05) is 25.4 Å². The zero-order chi connectivity index (χ0) is 12.6. The molecule has 0 aliphatic heterocycles. The van der Waals surface area contributed by atoms with E-state index in [1.54, 1.807) is 11.3 Å². The molecule has 0 amide bonds. The van der Waals surface area contributed by atoms with Crippen LogP contribution in [0, 0.1) is 12.8 Å². The average molecular weight is 267 g/mol. The van der Waals surface area contributed by atoms with E-state index in [4.69, 9.17) is 11.6 Å². The Labute approximate surface area is 110 Å². The SMILES string of the molecule is CCC(C)C(=O)c1sc2ccc(Cl)cc2c1C. The molecule has 1 nitrogen and oxygen atoms in total. The predicted octanol–water partition coefficient (Wildman–Crippen LogP) is 5.09. The molecule has 0 N–H and O–H groups in total. The van der Waals surface area contributed by atoms with Crippen molar-refractivity contribution in [3.63, 3.8) is 0 Å². The second kappa shape index (κ2) is 4.79. The van der Waals surface area contributed by atoms with Crippen LogP contribution in [0.15, 0.2) is 18.2 Å². The van der Waals surface area contributed by atoms with E-state index in [9.17, 15) is 4.79 Å². The largest absolute Gasteiger partial charge is 0.293 e. The number of carbonyl (C=O) groups is 1. The van der Waals surface area contributed by atoms with Gasteiger partial charge in [-0.15, -0.1) is 11.3 Å². The first-order valence-corrected chi connectivity index (χ1v) is 6.97. The highest BCUT2D eigenvalue weighted by atomic mass is 35.5. The number of benzene rings is 1. The van der Waals surface area contributed by atoms with Gasteiger partial charge in [0.1, 0.15) is 0 Å². The van der Waals surface area contributed by atoms with E-state index in [-0.39, 0.29) is 11.7 Å². The number of halogens is 1. The zero-order valence-electron chi connectivity index (χ0n) is 10.2. The summed E-state index contributed by atoms with van der Waals surface area (Å²) in [5.41, 5.74) is 1.07. The zero-order valence-corrected chi connectivity index (χ0v) is 11.8. The molecule has 1 atom stereocenters. The van der Waals surface area contributed by atoms with E-state index in [2.05, 4.69) is 0 Å². The third-order valence-electron chi connectivity index (χ3n) is 3.18. The van der Waals surface area contributed by atoms with Gasteiger partial charge in [0.2, 0.25) is 0 Å². The number of fused-ring (bicyclic) bond motifs is 1. The molecule has 0 bridgehead atoms. The summed E-state index contributed by atoms with van der Waals surface area (Å²) in [4.78, 5) is 13.1. The Morgan fingerprint density at radius 1 is 1.47 bits per heavy atom. The predicted molar refractivity (Wildman–Crippen MR) is 75.4 cm³/mol. The number of thiophene rings is 1.